The van der Waals surface area contributed by atoms with E-state index in [0.717, 1.165) is 0 Å². The summed E-state index contributed by atoms with van der Waals surface area (Å²) in [5.41, 5.74) is 6.20. The van der Waals surface area contributed by atoms with Gasteiger partial charge in [0.2, 0.25) is 0 Å². The van der Waals surface area contributed by atoms with Crippen LogP contribution in [0.3, 0.4) is 0 Å². The highest BCUT2D eigenvalue weighted by Crippen LogP contribution is 2.27. The molecular formula is C13H11ClN2O4S. The van der Waals surface area contributed by atoms with Crippen LogP contribution in [0.5, 0.6) is 0 Å². The summed E-state index contributed by atoms with van der Waals surface area (Å²) >= 11 is 5.89. The Bertz CT molecular complexity index is 788. The van der Waals surface area contributed by atoms with E-state index >= 15 is 0 Å². The van der Waals surface area contributed by atoms with Crippen molar-refractivity contribution in [1.29, 1.82) is 0 Å². The van der Waals surface area contributed by atoms with Gasteiger partial charge in [-0.05, 0) is 23.8 Å². The fourth-order valence-electron chi connectivity index (χ4n) is 1.77. The largest absolute Gasteiger partial charge is 0.399 e. The number of nitrogen functional groups attached to an aromatic ring is 1. The van der Waals surface area contributed by atoms with E-state index in [4.69, 9.17) is 17.3 Å². The Morgan fingerprint density at radius 1 is 1.14 bits per heavy atom. The van der Waals surface area contributed by atoms with Gasteiger partial charge in [0.05, 0.1) is 20.6 Å². The molecule has 2 aromatic rings. The molecule has 110 valence electrons. The van der Waals surface area contributed by atoms with Gasteiger partial charge < -0.3 is 5.73 Å². The fourth-order valence-corrected chi connectivity index (χ4v) is 3.71. The standard InChI is InChI=1S/C13H11ClN2O4S/c14-12-6-3-10(15)7-13(12)21(19,20)8-9-1-4-11(5-2-9)16(17)18/h1-7H,8,15H2. The van der Waals surface area contributed by atoms with Crippen molar-refractivity contribution in [2.75, 3.05) is 5.73 Å². The molecule has 0 aliphatic heterocycles. The predicted octanol–water partition coefficient (Wildman–Crippen LogP) is 2.80. The van der Waals surface area contributed by atoms with Gasteiger partial charge in [0.25, 0.3) is 5.69 Å². The van der Waals surface area contributed by atoms with Gasteiger partial charge >= 0.3 is 0 Å². The van der Waals surface area contributed by atoms with Crippen LogP contribution in [0.25, 0.3) is 0 Å². The van der Waals surface area contributed by atoms with E-state index < -0.39 is 14.8 Å². The quantitative estimate of drug-likeness (QED) is 0.528. The Morgan fingerprint density at radius 2 is 1.76 bits per heavy atom. The summed E-state index contributed by atoms with van der Waals surface area (Å²) in [4.78, 5) is 9.96. The van der Waals surface area contributed by atoms with Gasteiger partial charge in [0.1, 0.15) is 0 Å². The van der Waals surface area contributed by atoms with Gasteiger partial charge in [0.15, 0.2) is 9.84 Å². The lowest BCUT2D eigenvalue weighted by Gasteiger charge is -2.07. The number of halogens is 1. The molecule has 0 aliphatic carbocycles. The molecule has 21 heavy (non-hydrogen) atoms. The number of hydrogen-bond acceptors (Lipinski definition) is 5. The molecule has 0 saturated carbocycles. The molecule has 2 aromatic carbocycles. The zero-order valence-electron chi connectivity index (χ0n) is 10.7. The van der Waals surface area contributed by atoms with Crippen molar-refractivity contribution in [1.82, 2.24) is 0 Å². The van der Waals surface area contributed by atoms with E-state index in [-0.39, 0.29) is 21.4 Å². The van der Waals surface area contributed by atoms with E-state index in [1.54, 1.807) is 0 Å². The molecule has 8 heteroatoms. The maximum atomic E-state index is 12.3. The van der Waals surface area contributed by atoms with Crippen LogP contribution in [0.1, 0.15) is 5.56 Å². The topological polar surface area (TPSA) is 103 Å². The van der Waals surface area contributed by atoms with Crippen LogP contribution in [0.15, 0.2) is 47.4 Å². The van der Waals surface area contributed by atoms with Gasteiger partial charge in [-0.1, -0.05) is 23.7 Å². The van der Waals surface area contributed by atoms with E-state index in [1.807, 2.05) is 0 Å². The summed E-state index contributed by atoms with van der Waals surface area (Å²) in [6, 6.07) is 9.53. The molecule has 0 bridgehead atoms. The maximum Gasteiger partial charge on any atom is 0.269 e. The van der Waals surface area contributed by atoms with Crippen LogP contribution in [0.2, 0.25) is 5.02 Å². The van der Waals surface area contributed by atoms with E-state index in [1.165, 1.54) is 42.5 Å². The molecule has 0 radical (unpaired) electrons. The summed E-state index contributed by atoms with van der Waals surface area (Å²) in [7, 11) is -3.68. The molecule has 0 aromatic heterocycles. The Hall–Kier alpha value is -2.12. The van der Waals surface area contributed by atoms with E-state index in [2.05, 4.69) is 0 Å². The van der Waals surface area contributed by atoms with Gasteiger partial charge in [0, 0.05) is 17.8 Å². The number of non-ortho nitro benzene ring substituents is 1. The number of rotatable bonds is 4. The second-order valence-electron chi connectivity index (χ2n) is 4.37. The molecule has 0 aliphatic rings. The lowest BCUT2D eigenvalue weighted by atomic mass is 10.2. The lowest BCUT2D eigenvalue weighted by Crippen LogP contribution is -2.06. The minimum Gasteiger partial charge on any atom is -0.399 e. The normalized spacial score (nSPS) is 11.3. The van der Waals surface area contributed by atoms with Crippen LogP contribution in [-0.4, -0.2) is 13.3 Å². The van der Waals surface area contributed by atoms with Crippen LogP contribution in [-0.2, 0) is 15.6 Å². The monoisotopic (exact) mass is 326 g/mol. The average Bonchev–Trinajstić information content (AvgIpc) is 2.41. The van der Waals surface area contributed by atoms with Crippen molar-refractivity contribution >= 4 is 32.8 Å². The number of nitro groups is 1. The van der Waals surface area contributed by atoms with Crippen molar-refractivity contribution < 1.29 is 13.3 Å². The average molecular weight is 327 g/mol. The molecule has 0 saturated heterocycles. The van der Waals surface area contributed by atoms with Crippen LogP contribution in [0.4, 0.5) is 11.4 Å². The van der Waals surface area contributed by atoms with Gasteiger partial charge in [-0.2, -0.15) is 0 Å². The number of sulfone groups is 1. The van der Waals surface area contributed by atoms with Gasteiger partial charge in [-0.25, -0.2) is 8.42 Å². The molecule has 0 spiro atoms. The van der Waals surface area contributed by atoms with Gasteiger partial charge in [-0.3, -0.25) is 10.1 Å². The van der Waals surface area contributed by atoms with Crippen LogP contribution < -0.4 is 5.73 Å². The molecule has 2 N–H and O–H groups in total. The third-order valence-corrected chi connectivity index (χ3v) is 4.96. The third-order valence-electron chi connectivity index (χ3n) is 2.79. The lowest BCUT2D eigenvalue weighted by molar-refractivity contribution is -0.384. The summed E-state index contributed by atoms with van der Waals surface area (Å²) < 4.78 is 24.6. The highest BCUT2D eigenvalue weighted by molar-refractivity contribution is 7.90. The number of benzene rings is 2. The van der Waals surface area contributed by atoms with Crippen molar-refractivity contribution in [2.45, 2.75) is 10.6 Å². The molecule has 0 atom stereocenters. The van der Waals surface area contributed by atoms with Gasteiger partial charge in [-0.15, -0.1) is 0 Å². The summed E-state index contributed by atoms with van der Waals surface area (Å²) in [6.07, 6.45) is 0. The second-order valence-corrected chi connectivity index (χ2v) is 6.74. The first-order valence-electron chi connectivity index (χ1n) is 5.81. The molecule has 0 amide bonds. The van der Waals surface area contributed by atoms with E-state index in [0.29, 0.717) is 11.3 Å². The SMILES string of the molecule is Nc1ccc(Cl)c(S(=O)(=O)Cc2ccc([N+](=O)[O-])cc2)c1. The minimum absolute atomic E-state index is 0.0532. The third kappa shape index (κ3) is 3.50. The fraction of sp³-hybridized carbons (Fsp3) is 0.0769. The Balaban J connectivity index is 2.33. The molecule has 0 unspecified atom stereocenters. The summed E-state index contributed by atoms with van der Waals surface area (Å²) in [5, 5.41) is 10.6. The summed E-state index contributed by atoms with van der Waals surface area (Å²) in [6.45, 7) is 0. The Morgan fingerprint density at radius 3 is 2.33 bits per heavy atom. The minimum atomic E-state index is -3.68. The number of hydrogen-bond donors (Lipinski definition) is 1. The zero-order chi connectivity index (χ0) is 15.6. The van der Waals surface area contributed by atoms with Crippen molar-refractivity contribution in [3.05, 3.63) is 63.2 Å². The van der Waals surface area contributed by atoms with E-state index in [9.17, 15) is 18.5 Å². The Labute approximate surface area is 126 Å². The molecule has 2 rings (SSSR count). The molecular weight excluding hydrogens is 316 g/mol. The van der Waals surface area contributed by atoms with Crippen molar-refractivity contribution in [3.63, 3.8) is 0 Å². The number of nitrogens with zero attached hydrogens (tertiary/aromatic N) is 1. The predicted molar refractivity (Wildman–Crippen MR) is 79.9 cm³/mol. The van der Waals surface area contributed by atoms with Crippen LogP contribution in [0, 0.1) is 10.1 Å². The first-order chi connectivity index (χ1) is 9.79. The Kier molecular flexibility index (Phi) is 4.15. The number of nitro benzene ring substituents is 1. The molecule has 0 heterocycles. The zero-order valence-corrected chi connectivity index (χ0v) is 12.3. The first kappa shape index (κ1) is 15.3. The van der Waals surface area contributed by atoms with Crippen molar-refractivity contribution in [3.8, 4) is 0 Å². The van der Waals surface area contributed by atoms with Crippen molar-refractivity contribution in [2.24, 2.45) is 0 Å². The maximum absolute atomic E-state index is 12.3. The molecule has 0 fully saturated rings. The number of anilines is 1. The highest BCUT2D eigenvalue weighted by Gasteiger charge is 2.19. The highest BCUT2D eigenvalue weighted by atomic mass is 35.5. The smallest absolute Gasteiger partial charge is 0.269 e. The summed E-state index contributed by atoms with van der Waals surface area (Å²) in [5.74, 6) is -0.311. The van der Waals surface area contributed by atoms with Crippen LogP contribution >= 0.6 is 11.6 Å². The molecule has 6 nitrogen and oxygen atoms in total. The second kappa shape index (κ2) is 5.71. The first-order valence-corrected chi connectivity index (χ1v) is 7.84. The number of nitrogens with two attached hydrogens (primary N) is 1.